The summed E-state index contributed by atoms with van der Waals surface area (Å²) in [5, 5.41) is 3.21. The van der Waals surface area contributed by atoms with Crippen LogP contribution in [0.1, 0.15) is 37.7 Å². The zero-order chi connectivity index (χ0) is 17.5. The number of rotatable bonds is 7. The molecule has 25 heavy (non-hydrogen) atoms. The molecule has 0 unspecified atom stereocenters. The Morgan fingerprint density at radius 2 is 1.96 bits per heavy atom. The molecule has 1 amide bonds. The van der Waals surface area contributed by atoms with Crippen molar-refractivity contribution >= 4 is 5.91 Å². The van der Waals surface area contributed by atoms with E-state index in [1.807, 2.05) is 24.3 Å². The molecule has 0 spiro atoms. The minimum atomic E-state index is 0.130. The molecule has 3 rings (SSSR count). The second-order valence-electron chi connectivity index (χ2n) is 7.12. The Balaban J connectivity index is 1.51. The van der Waals surface area contributed by atoms with Crippen molar-refractivity contribution in [2.45, 2.75) is 44.1 Å². The maximum Gasteiger partial charge on any atom is 0.220 e. The van der Waals surface area contributed by atoms with Gasteiger partial charge in [0.2, 0.25) is 5.91 Å². The number of morpholine rings is 1. The van der Waals surface area contributed by atoms with E-state index in [1.54, 1.807) is 7.11 Å². The summed E-state index contributed by atoms with van der Waals surface area (Å²) >= 11 is 0. The first-order valence-electron chi connectivity index (χ1n) is 9.45. The molecule has 5 nitrogen and oxygen atoms in total. The Morgan fingerprint density at radius 3 is 2.68 bits per heavy atom. The van der Waals surface area contributed by atoms with Gasteiger partial charge in [0.25, 0.3) is 0 Å². The lowest BCUT2D eigenvalue weighted by molar-refractivity contribution is -0.122. The lowest BCUT2D eigenvalue weighted by atomic mass is 9.94. The second-order valence-corrected chi connectivity index (χ2v) is 7.12. The third kappa shape index (κ3) is 4.53. The maximum absolute atomic E-state index is 12.4. The highest BCUT2D eigenvalue weighted by Gasteiger charge is 2.40. The molecule has 0 atom stereocenters. The normalized spacial score (nSPS) is 20.4. The number of amides is 1. The van der Waals surface area contributed by atoms with Gasteiger partial charge in [0.15, 0.2) is 0 Å². The largest absolute Gasteiger partial charge is 0.496 e. The van der Waals surface area contributed by atoms with Crippen molar-refractivity contribution in [2.75, 3.05) is 40.0 Å². The quantitative estimate of drug-likeness (QED) is 0.824. The number of nitrogens with zero attached hydrogens (tertiary/aromatic N) is 1. The van der Waals surface area contributed by atoms with E-state index in [4.69, 9.17) is 9.47 Å². The van der Waals surface area contributed by atoms with Crippen LogP contribution in [0.15, 0.2) is 24.3 Å². The first-order chi connectivity index (χ1) is 12.2. The average Bonchev–Trinajstić information content (AvgIpc) is 3.16. The average molecular weight is 346 g/mol. The maximum atomic E-state index is 12.4. The Morgan fingerprint density at radius 1 is 1.24 bits per heavy atom. The molecule has 1 aliphatic carbocycles. The monoisotopic (exact) mass is 346 g/mol. The van der Waals surface area contributed by atoms with Crippen LogP contribution < -0.4 is 10.1 Å². The van der Waals surface area contributed by atoms with Gasteiger partial charge in [-0.1, -0.05) is 31.0 Å². The van der Waals surface area contributed by atoms with E-state index in [-0.39, 0.29) is 11.4 Å². The molecular weight excluding hydrogens is 316 g/mol. The van der Waals surface area contributed by atoms with Gasteiger partial charge >= 0.3 is 0 Å². The molecule has 0 bridgehead atoms. The number of benzene rings is 1. The number of hydrogen-bond donors (Lipinski definition) is 1. The smallest absolute Gasteiger partial charge is 0.220 e. The number of carbonyl (C=O) groups is 1. The van der Waals surface area contributed by atoms with Gasteiger partial charge in [0.05, 0.1) is 20.3 Å². The van der Waals surface area contributed by atoms with Gasteiger partial charge in [-0.05, 0) is 30.9 Å². The number of hydrogen-bond acceptors (Lipinski definition) is 4. The van der Waals surface area contributed by atoms with E-state index in [0.29, 0.717) is 12.8 Å². The van der Waals surface area contributed by atoms with Crippen molar-refractivity contribution in [2.24, 2.45) is 0 Å². The Kier molecular flexibility index (Phi) is 6.32. The molecule has 1 aromatic rings. The first kappa shape index (κ1) is 18.2. The summed E-state index contributed by atoms with van der Waals surface area (Å²) in [7, 11) is 1.67. The Bertz CT molecular complexity index is 564. The minimum Gasteiger partial charge on any atom is -0.496 e. The summed E-state index contributed by atoms with van der Waals surface area (Å²) < 4.78 is 10.9. The summed E-state index contributed by atoms with van der Waals surface area (Å²) in [4.78, 5) is 14.9. The predicted octanol–water partition coefficient (Wildman–Crippen LogP) is 2.39. The second kappa shape index (κ2) is 8.68. The lowest BCUT2D eigenvalue weighted by Gasteiger charge is -2.43. The predicted molar refractivity (Wildman–Crippen MR) is 97.9 cm³/mol. The molecule has 1 aliphatic heterocycles. The van der Waals surface area contributed by atoms with Crippen molar-refractivity contribution in [3.8, 4) is 5.75 Å². The summed E-state index contributed by atoms with van der Waals surface area (Å²) in [6.45, 7) is 4.35. The van der Waals surface area contributed by atoms with E-state index in [2.05, 4.69) is 10.2 Å². The molecule has 1 aromatic carbocycles. The van der Waals surface area contributed by atoms with Gasteiger partial charge in [-0.3, -0.25) is 9.69 Å². The van der Waals surface area contributed by atoms with Crippen LogP contribution in [-0.4, -0.2) is 56.3 Å². The SMILES string of the molecule is COc1ccccc1CCC(=O)NCC1(N2CCOCC2)CCCC1. The third-order valence-corrected chi connectivity index (χ3v) is 5.64. The van der Waals surface area contributed by atoms with E-state index in [9.17, 15) is 4.79 Å². The fourth-order valence-corrected chi connectivity index (χ4v) is 4.18. The molecular formula is C20H30N2O3. The van der Waals surface area contributed by atoms with Crippen LogP contribution in [0.2, 0.25) is 0 Å². The van der Waals surface area contributed by atoms with E-state index >= 15 is 0 Å². The number of nitrogens with one attached hydrogen (secondary N) is 1. The number of methoxy groups -OCH3 is 1. The van der Waals surface area contributed by atoms with Crippen molar-refractivity contribution in [3.63, 3.8) is 0 Å². The van der Waals surface area contributed by atoms with Gasteiger partial charge in [-0.25, -0.2) is 0 Å². The van der Waals surface area contributed by atoms with E-state index in [1.165, 1.54) is 25.7 Å². The number of para-hydroxylation sites is 1. The van der Waals surface area contributed by atoms with Crippen molar-refractivity contribution in [3.05, 3.63) is 29.8 Å². The van der Waals surface area contributed by atoms with Gasteiger partial charge in [0.1, 0.15) is 5.75 Å². The molecule has 138 valence electrons. The van der Waals surface area contributed by atoms with Crippen molar-refractivity contribution in [1.29, 1.82) is 0 Å². The van der Waals surface area contributed by atoms with Crippen LogP contribution in [0.3, 0.4) is 0 Å². The van der Waals surface area contributed by atoms with Gasteiger partial charge in [-0.15, -0.1) is 0 Å². The number of ether oxygens (including phenoxy) is 2. The van der Waals surface area contributed by atoms with Crippen LogP contribution in [0.25, 0.3) is 0 Å². The fourth-order valence-electron chi connectivity index (χ4n) is 4.18. The lowest BCUT2D eigenvalue weighted by Crippen LogP contribution is -2.57. The molecule has 1 saturated carbocycles. The highest BCUT2D eigenvalue weighted by atomic mass is 16.5. The fraction of sp³-hybridized carbons (Fsp3) is 0.650. The molecule has 0 aromatic heterocycles. The molecule has 1 saturated heterocycles. The van der Waals surface area contributed by atoms with Crippen LogP contribution in [0.5, 0.6) is 5.75 Å². The Labute approximate surface area is 150 Å². The molecule has 2 fully saturated rings. The molecule has 2 aliphatic rings. The summed E-state index contributed by atoms with van der Waals surface area (Å²) in [6, 6.07) is 7.91. The Hall–Kier alpha value is -1.59. The summed E-state index contributed by atoms with van der Waals surface area (Å²) in [5.74, 6) is 0.987. The standard InChI is InChI=1S/C20H30N2O3/c1-24-18-7-3-2-6-17(18)8-9-19(23)21-16-20(10-4-5-11-20)22-12-14-25-15-13-22/h2-3,6-7H,4-5,8-16H2,1H3,(H,21,23). The van der Waals surface area contributed by atoms with E-state index < -0.39 is 0 Å². The zero-order valence-corrected chi connectivity index (χ0v) is 15.3. The van der Waals surface area contributed by atoms with Crippen LogP contribution >= 0.6 is 0 Å². The van der Waals surface area contributed by atoms with Gasteiger partial charge in [0, 0.05) is 31.6 Å². The topological polar surface area (TPSA) is 50.8 Å². The van der Waals surface area contributed by atoms with Crippen molar-refractivity contribution in [1.82, 2.24) is 10.2 Å². The van der Waals surface area contributed by atoms with Crippen LogP contribution in [0, 0.1) is 0 Å². The van der Waals surface area contributed by atoms with Crippen molar-refractivity contribution < 1.29 is 14.3 Å². The minimum absolute atomic E-state index is 0.130. The molecule has 1 heterocycles. The van der Waals surface area contributed by atoms with E-state index in [0.717, 1.165) is 44.2 Å². The highest BCUT2D eigenvalue weighted by Crippen LogP contribution is 2.35. The third-order valence-electron chi connectivity index (χ3n) is 5.64. The molecule has 0 radical (unpaired) electrons. The highest BCUT2D eigenvalue weighted by molar-refractivity contribution is 5.76. The first-order valence-corrected chi connectivity index (χ1v) is 9.45. The number of aryl methyl sites for hydroxylation is 1. The summed E-state index contributed by atoms with van der Waals surface area (Å²) in [5.41, 5.74) is 1.23. The molecule has 1 N–H and O–H groups in total. The zero-order valence-electron chi connectivity index (χ0n) is 15.3. The number of carbonyl (C=O) groups excluding carboxylic acids is 1. The summed E-state index contributed by atoms with van der Waals surface area (Å²) in [6.07, 6.45) is 6.09. The van der Waals surface area contributed by atoms with Crippen LogP contribution in [0.4, 0.5) is 0 Å². The van der Waals surface area contributed by atoms with Gasteiger partial charge < -0.3 is 14.8 Å². The molecule has 5 heteroatoms. The van der Waals surface area contributed by atoms with Crippen LogP contribution in [-0.2, 0) is 16.0 Å². The van der Waals surface area contributed by atoms with Gasteiger partial charge in [-0.2, -0.15) is 0 Å².